The maximum Gasteiger partial charge on any atom is 0.321 e. The van der Waals surface area contributed by atoms with Crippen LogP contribution in [0.1, 0.15) is 36.7 Å². The number of methoxy groups -OCH3 is 1. The first-order valence-corrected chi connectivity index (χ1v) is 10.7. The lowest BCUT2D eigenvalue weighted by atomic mass is 9.97. The van der Waals surface area contributed by atoms with Gasteiger partial charge < -0.3 is 15.4 Å². The number of hydrogen-bond donors (Lipinski definition) is 1. The van der Waals surface area contributed by atoms with Gasteiger partial charge in [-0.25, -0.2) is 14.4 Å². The van der Waals surface area contributed by atoms with E-state index >= 15 is 0 Å². The number of rotatable bonds is 4. The number of aromatic nitrogens is 5. The Morgan fingerprint density at radius 2 is 2.03 bits per heavy atom. The van der Waals surface area contributed by atoms with Crippen molar-refractivity contribution in [2.24, 2.45) is 0 Å². The van der Waals surface area contributed by atoms with Gasteiger partial charge in [0, 0.05) is 42.2 Å². The van der Waals surface area contributed by atoms with E-state index in [0.29, 0.717) is 45.7 Å². The van der Waals surface area contributed by atoms with Crippen LogP contribution in [0.5, 0.6) is 5.75 Å². The fraction of sp³-hybridized carbons (Fsp3) is 0.364. The molecule has 1 aliphatic rings. The van der Waals surface area contributed by atoms with Crippen molar-refractivity contribution < 1.29 is 17.9 Å². The number of aryl methyl sites for hydroxylation is 1. The van der Waals surface area contributed by atoms with Crippen LogP contribution in [0.15, 0.2) is 29.2 Å². The van der Waals surface area contributed by atoms with Gasteiger partial charge in [-0.3, -0.25) is 9.36 Å². The van der Waals surface area contributed by atoms with Gasteiger partial charge >= 0.3 is 6.55 Å². The van der Waals surface area contributed by atoms with E-state index in [9.17, 15) is 18.0 Å². The van der Waals surface area contributed by atoms with Crippen molar-refractivity contribution in [1.29, 1.82) is 0 Å². The van der Waals surface area contributed by atoms with Gasteiger partial charge in [-0.2, -0.15) is 13.3 Å². The van der Waals surface area contributed by atoms with Crippen molar-refractivity contribution >= 4 is 28.2 Å². The van der Waals surface area contributed by atoms with E-state index in [-0.39, 0.29) is 23.2 Å². The van der Waals surface area contributed by atoms with Gasteiger partial charge in [-0.05, 0) is 31.9 Å². The summed E-state index contributed by atoms with van der Waals surface area (Å²) >= 11 is 0. The summed E-state index contributed by atoms with van der Waals surface area (Å²) in [5, 5.41) is 4.97. The number of nitrogens with two attached hydrogens (primary N) is 1. The summed E-state index contributed by atoms with van der Waals surface area (Å²) in [6, 6.07) is 4.36. The molecule has 1 aliphatic heterocycles. The molecule has 2 N–H and O–H groups in total. The van der Waals surface area contributed by atoms with Gasteiger partial charge in [0.15, 0.2) is 23.0 Å². The number of pyridine rings is 1. The third kappa shape index (κ3) is 3.58. The fourth-order valence-corrected chi connectivity index (χ4v) is 4.44. The zero-order valence-electron chi connectivity index (χ0n) is 18.5. The van der Waals surface area contributed by atoms with Crippen molar-refractivity contribution in [3.63, 3.8) is 0 Å². The third-order valence-electron chi connectivity index (χ3n) is 6.16. The SMILES string of the molecule is COc1cc2nc(N)n3nc([C@@H]4CCCN(c5cc(C)c(=O)n(C(F)F)c5)C4)nc3c2cc1F. The average Bonchev–Trinajstić information content (AvgIpc) is 3.27. The summed E-state index contributed by atoms with van der Waals surface area (Å²) in [6.07, 6.45) is 2.73. The number of benzene rings is 1. The molecule has 1 atom stereocenters. The van der Waals surface area contributed by atoms with Gasteiger partial charge in [-0.15, -0.1) is 5.10 Å². The van der Waals surface area contributed by atoms with Crippen LogP contribution in [0.3, 0.4) is 0 Å². The van der Waals surface area contributed by atoms with Crippen molar-refractivity contribution in [3.8, 4) is 5.75 Å². The molecule has 178 valence electrons. The van der Waals surface area contributed by atoms with Gasteiger partial charge in [-0.1, -0.05) is 0 Å². The van der Waals surface area contributed by atoms with E-state index in [1.807, 2.05) is 4.90 Å². The Morgan fingerprint density at radius 3 is 2.76 bits per heavy atom. The second-order valence-corrected chi connectivity index (χ2v) is 8.34. The number of hydrogen-bond acceptors (Lipinski definition) is 7. The first kappa shape index (κ1) is 22.0. The Bertz CT molecular complexity index is 1470. The fourth-order valence-electron chi connectivity index (χ4n) is 4.44. The Morgan fingerprint density at radius 1 is 1.24 bits per heavy atom. The molecule has 0 amide bonds. The largest absolute Gasteiger partial charge is 0.494 e. The van der Waals surface area contributed by atoms with Crippen molar-refractivity contribution in [1.82, 2.24) is 24.1 Å². The normalized spacial score (nSPS) is 16.6. The monoisotopic (exact) mass is 473 g/mol. The van der Waals surface area contributed by atoms with E-state index in [1.165, 1.54) is 36.9 Å². The Labute approximate surface area is 191 Å². The summed E-state index contributed by atoms with van der Waals surface area (Å²) in [7, 11) is 1.37. The highest BCUT2D eigenvalue weighted by Gasteiger charge is 2.27. The number of piperidine rings is 1. The molecular weight excluding hydrogens is 451 g/mol. The minimum Gasteiger partial charge on any atom is -0.494 e. The summed E-state index contributed by atoms with van der Waals surface area (Å²) in [5.74, 6) is -0.0327. The number of nitrogens with zero attached hydrogens (tertiary/aromatic N) is 6. The van der Waals surface area contributed by atoms with Crippen LogP contribution < -0.4 is 20.9 Å². The van der Waals surface area contributed by atoms with Crippen molar-refractivity contribution in [3.05, 3.63) is 52.0 Å². The maximum absolute atomic E-state index is 14.4. The highest BCUT2D eigenvalue weighted by Crippen LogP contribution is 2.32. The van der Waals surface area contributed by atoms with Crippen LogP contribution in [0.2, 0.25) is 0 Å². The van der Waals surface area contributed by atoms with Gasteiger partial charge in [0.25, 0.3) is 5.56 Å². The molecule has 1 aromatic carbocycles. The second-order valence-electron chi connectivity index (χ2n) is 8.34. The summed E-state index contributed by atoms with van der Waals surface area (Å²) in [4.78, 5) is 22.9. The molecule has 9 nitrogen and oxygen atoms in total. The third-order valence-corrected chi connectivity index (χ3v) is 6.16. The molecule has 0 aliphatic carbocycles. The molecule has 12 heteroatoms. The van der Waals surface area contributed by atoms with E-state index in [0.717, 1.165) is 12.8 Å². The van der Waals surface area contributed by atoms with Crippen molar-refractivity contribution in [2.75, 3.05) is 30.8 Å². The Hall–Kier alpha value is -3.83. The second kappa shape index (κ2) is 8.19. The Balaban J connectivity index is 1.53. The topological polar surface area (TPSA) is 104 Å². The standard InChI is InChI=1S/C22H22F3N7O2/c1-11-6-13(10-31(20(11)33)21(24)25)30-5-3-4-12(9-30)18-28-19-14-7-15(23)17(34-2)8-16(14)27-22(26)32(19)29-18/h6-8,10,12,21H,3-5,9H2,1-2H3,(H2,26,27)/t12-/m1/s1. The van der Waals surface area contributed by atoms with Crippen LogP contribution in [0.4, 0.5) is 24.8 Å². The zero-order valence-corrected chi connectivity index (χ0v) is 18.5. The van der Waals surface area contributed by atoms with Crippen LogP contribution in [0, 0.1) is 12.7 Å². The molecule has 4 heterocycles. The molecule has 0 spiro atoms. The summed E-state index contributed by atoms with van der Waals surface area (Å²) in [6.45, 7) is -0.298. The van der Waals surface area contributed by atoms with Crippen molar-refractivity contribution in [2.45, 2.75) is 32.2 Å². The van der Waals surface area contributed by atoms with Crippen LogP contribution >= 0.6 is 0 Å². The molecule has 4 aromatic rings. The lowest BCUT2D eigenvalue weighted by molar-refractivity contribution is 0.0662. The van der Waals surface area contributed by atoms with E-state index < -0.39 is 17.9 Å². The van der Waals surface area contributed by atoms with Crippen LogP contribution in [-0.4, -0.2) is 44.3 Å². The number of fused-ring (bicyclic) bond motifs is 3. The lowest BCUT2D eigenvalue weighted by Gasteiger charge is -2.33. The summed E-state index contributed by atoms with van der Waals surface area (Å²) in [5.41, 5.74) is 6.95. The molecule has 0 radical (unpaired) electrons. The number of halogens is 3. The smallest absolute Gasteiger partial charge is 0.321 e. The van der Waals surface area contributed by atoms with Gasteiger partial charge in [0.05, 0.1) is 18.3 Å². The number of nitrogen functional groups attached to an aromatic ring is 1. The molecule has 0 saturated carbocycles. The Kier molecular flexibility index (Phi) is 5.29. The number of alkyl halides is 2. The van der Waals surface area contributed by atoms with Gasteiger partial charge in [0.1, 0.15) is 0 Å². The highest BCUT2D eigenvalue weighted by molar-refractivity contribution is 5.93. The molecule has 0 unspecified atom stereocenters. The van der Waals surface area contributed by atoms with E-state index in [1.54, 1.807) is 6.07 Å². The number of ether oxygens (including phenoxy) is 1. The van der Waals surface area contributed by atoms with Gasteiger partial charge in [0.2, 0.25) is 5.95 Å². The minimum atomic E-state index is -2.92. The van der Waals surface area contributed by atoms with Crippen LogP contribution in [-0.2, 0) is 0 Å². The minimum absolute atomic E-state index is 0.0480. The van der Waals surface area contributed by atoms with E-state index in [4.69, 9.17) is 10.5 Å². The molecule has 1 saturated heterocycles. The molecule has 34 heavy (non-hydrogen) atoms. The highest BCUT2D eigenvalue weighted by atomic mass is 19.3. The molecule has 5 rings (SSSR count). The first-order valence-electron chi connectivity index (χ1n) is 10.7. The predicted octanol–water partition coefficient (Wildman–Crippen LogP) is 3.26. The first-order chi connectivity index (χ1) is 16.3. The van der Waals surface area contributed by atoms with E-state index in [2.05, 4.69) is 15.1 Å². The maximum atomic E-state index is 14.4. The van der Waals surface area contributed by atoms with Crippen LogP contribution in [0.25, 0.3) is 16.6 Å². The molecule has 1 fully saturated rings. The molecule has 0 bridgehead atoms. The number of anilines is 2. The molecular formula is C22H22F3N7O2. The summed E-state index contributed by atoms with van der Waals surface area (Å²) < 4.78 is 47.9. The zero-order chi connectivity index (χ0) is 24.1. The quantitative estimate of drug-likeness (QED) is 0.485. The lowest BCUT2D eigenvalue weighted by Crippen LogP contribution is -2.36. The predicted molar refractivity (Wildman–Crippen MR) is 120 cm³/mol. The molecule has 3 aromatic heterocycles. The average molecular weight is 473 g/mol.